The van der Waals surface area contributed by atoms with Gasteiger partial charge in [0.1, 0.15) is 0 Å². The van der Waals surface area contributed by atoms with Crippen LogP contribution in [-0.4, -0.2) is 12.6 Å². The van der Waals surface area contributed by atoms with Crippen molar-refractivity contribution >= 4 is 5.97 Å². The summed E-state index contributed by atoms with van der Waals surface area (Å²) in [6.07, 6.45) is 1.20. The molecule has 0 aliphatic rings. The molecule has 0 amide bonds. The van der Waals surface area contributed by atoms with Crippen LogP contribution in [-0.2, 0) is 9.53 Å². The zero-order valence-corrected chi connectivity index (χ0v) is 9.46. The number of carbonyl (C=O) groups is 1. The van der Waals surface area contributed by atoms with Gasteiger partial charge in [0.25, 0.3) is 0 Å². The minimum absolute atomic E-state index is 0.177. The summed E-state index contributed by atoms with van der Waals surface area (Å²) >= 11 is 0. The predicted octanol–water partition coefficient (Wildman–Crippen LogP) is 2.87. The molecule has 0 bridgehead atoms. The van der Waals surface area contributed by atoms with Gasteiger partial charge >= 0.3 is 5.97 Å². The summed E-state index contributed by atoms with van der Waals surface area (Å²) in [5.74, 6) is 1.63. The number of rotatable bonds is 5. The first-order chi connectivity index (χ1) is 5.93. The molecule has 2 nitrogen and oxygen atoms in total. The molecule has 13 heavy (non-hydrogen) atoms. The molecule has 0 aromatic heterocycles. The second-order valence-electron chi connectivity index (χ2n) is 4.39. The lowest BCUT2D eigenvalue weighted by Gasteiger charge is -2.20. The summed E-state index contributed by atoms with van der Waals surface area (Å²) in [7, 11) is 0. The van der Waals surface area contributed by atoms with Crippen LogP contribution in [0.3, 0.4) is 0 Å². The molecule has 0 aromatic rings. The van der Waals surface area contributed by atoms with Crippen molar-refractivity contribution in [3.05, 3.63) is 0 Å². The highest BCUT2D eigenvalue weighted by Crippen LogP contribution is 2.19. The highest BCUT2D eigenvalue weighted by Gasteiger charge is 2.14. The zero-order chi connectivity index (χ0) is 10.4. The fourth-order valence-electron chi connectivity index (χ4n) is 1.39. The van der Waals surface area contributed by atoms with Crippen molar-refractivity contribution in [2.75, 3.05) is 6.61 Å². The van der Waals surface area contributed by atoms with Crippen LogP contribution in [0.15, 0.2) is 0 Å². The predicted molar refractivity (Wildman–Crippen MR) is 54.4 cm³/mol. The van der Waals surface area contributed by atoms with Crippen LogP contribution in [0.1, 0.15) is 41.0 Å². The topological polar surface area (TPSA) is 26.3 Å². The van der Waals surface area contributed by atoms with Crippen LogP contribution in [0.25, 0.3) is 0 Å². The smallest absolute Gasteiger partial charge is 0.302 e. The fraction of sp³-hybridized carbons (Fsp3) is 0.909. The molecule has 2 unspecified atom stereocenters. The Balaban J connectivity index is 3.68. The summed E-state index contributed by atoms with van der Waals surface area (Å²) in [6, 6.07) is 0. The van der Waals surface area contributed by atoms with Crippen LogP contribution in [0.4, 0.5) is 0 Å². The Morgan fingerprint density at radius 3 is 2.08 bits per heavy atom. The number of esters is 1. The molecule has 0 fully saturated rings. The quantitative estimate of drug-likeness (QED) is 0.617. The highest BCUT2D eigenvalue weighted by atomic mass is 16.5. The first-order valence-electron chi connectivity index (χ1n) is 5.06. The molecule has 2 atom stereocenters. The Labute approximate surface area is 81.7 Å². The van der Waals surface area contributed by atoms with Crippen molar-refractivity contribution in [3.8, 4) is 0 Å². The summed E-state index contributed by atoms with van der Waals surface area (Å²) in [4.78, 5) is 10.6. The number of ether oxygens (including phenoxy) is 1. The maximum Gasteiger partial charge on any atom is 0.302 e. The van der Waals surface area contributed by atoms with E-state index in [1.54, 1.807) is 0 Å². The summed E-state index contributed by atoms with van der Waals surface area (Å²) in [5, 5.41) is 0. The SMILES string of the molecule is CC(=O)OCC(C)C(C)CC(C)C. The molecule has 0 aliphatic heterocycles. The van der Waals surface area contributed by atoms with Crippen molar-refractivity contribution in [3.63, 3.8) is 0 Å². The molecule has 0 aromatic carbocycles. The molecule has 0 N–H and O–H groups in total. The Bertz CT molecular complexity index is 152. The monoisotopic (exact) mass is 186 g/mol. The van der Waals surface area contributed by atoms with Gasteiger partial charge in [-0.1, -0.05) is 27.7 Å². The maximum absolute atomic E-state index is 10.6. The highest BCUT2D eigenvalue weighted by molar-refractivity contribution is 5.65. The standard InChI is InChI=1S/C11H22O2/c1-8(2)6-9(3)10(4)7-13-11(5)12/h8-10H,6-7H2,1-5H3. The van der Waals surface area contributed by atoms with Gasteiger partial charge in [0.05, 0.1) is 6.61 Å². The van der Waals surface area contributed by atoms with Crippen molar-refractivity contribution in [1.29, 1.82) is 0 Å². The van der Waals surface area contributed by atoms with Crippen molar-refractivity contribution in [1.82, 2.24) is 0 Å². The first kappa shape index (κ1) is 12.5. The van der Waals surface area contributed by atoms with Gasteiger partial charge in [-0.2, -0.15) is 0 Å². The third kappa shape index (κ3) is 6.62. The van der Waals surface area contributed by atoms with E-state index in [9.17, 15) is 4.79 Å². The Kier molecular flexibility index (Phi) is 5.76. The van der Waals surface area contributed by atoms with Crippen LogP contribution >= 0.6 is 0 Å². The molecule has 0 spiro atoms. The molecule has 0 heterocycles. The number of hydrogen-bond donors (Lipinski definition) is 0. The van der Waals surface area contributed by atoms with E-state index in [1.807, 2.05) is 0 Å². The van der Waals surface area contributed by atoms with E-state index in [1.165, 1.54) is 13.3 Å². The molecule has 2 heteroatoms. The maximum atomic E-state index is 10.6. The molecule has 0 saturated carbocycles. The van der Waals surface area contributed by atoms with Gasteiger partial charge < -0.3 is 4.74 Å². The van der Waals surface area contributed by atoms with Crippen molar-refractivity contribution in [2.45, 2.75) is 41.0 Å². The number of hydrogen-bond acceptors (Lipinski definition) is 2. The Morgan fingerprint density at radius 2 is 1.69 bits per heavy atom. The van der Waals surface area contributed by atoms with E-state index >= 15 is 0 Å². The van der Waals surface area contributed by atoms with E-state index in [0.717, 1.165) is 5.92 Å². The van der Waals surface area contributed by atoms with Gasteiger partial charge in [0.15, 0.2) is 0 Å². The third-order valence-electron chi connectivity index (χ3n) is 2.36. The van der Waals surface area contributed by atoms with Crippen LogP contribution in [0, 0.1) is 17.8 Å². The van der Waals surface area contributed by atoms with E-state index in [-0.39, 0.29) is 5.97 Å². The minimum atomic E-state index is -0.177. The van der Waals surface area contributed by atoms with E-state index < -0.39 is 0 Å². The minimum Gasteiger partial charge on any atom is -0.466 e. The summed E-state index contributed by atoms with van der Waals surface area (Å²) < 4.78 is 4.97. The Hall–Kier alpha value is -0.530. The van der Waals surface area contributed by atoms with E-state index in [4.69, 9.17) is 4.74 Å². The zero-order valence-electron chi connectivity index (χ0n) is 9.46. The van der Waals surface area contributed by atoms with Gasteiger partial charge in [0, 0.05) is 6.92 Å². The molecule has 0 aliphatic carbocycles. The summed E-state index contributed by atoms with van der Waals surface area (Å²) in [5.41, 5.74) is 0. The molecule has 78 valence electrons. The average molecular weight is 186 g/mol. The average Bonchev–Trinajstić information content (AvgIpc) is 1.98. The lowest BCUT2D eigenvalue weighted by Crippen LogP contribution is -2.17. The van der Waals surface area contributed by atoms with Gasteiger partial charge in [0.2, 0.25) is 0 Å². The second-order valence-corrected chi connectivity index (χ2v) is 4.39. The third-order valence-corrected chi connectivity index (χ3v) is 2.36. The largest absolute Gasteiger partial charge is 0.466 e. The van der Waals surface area contributed by atoms with E-state index in [0.29, 0.717) is 18.4 Å². The van der Waals surface area contributed by atoms with Crippen LogP contribution < -0.4 is 0 Å². The van der Waals surface area contributed by atoms with Crippen LogP contribution in [0.2, 0.25) is 0 Å². The molecular formula is C11H22O2. The van der Waals surface area contributed by atoms with Gasteiger partial charge in [-0.3, -0.25) is 4.79 Å². The van der Waals surface area contributed by atoms with Crippen molar-refractivity contribution < 1.29 is 9.53 Å². The first-order valence-corrected chi connectivity index (χ1v) is 5.06. The summed E-state index contributed by atoms with van der Waals surface area (Å²) in [6.45, 7) is 10.8. The Morgan fingerprint density at radius 1 is 1.15 bits per heavy atom. The van der Waals surface area contributed by atoms with Gasteiger partial charge in [-0.05, 0) is 24.2 Å². The van der Waals surface area contributed by atoms with Crippen LogP contribution in [0.5, 0.6) is 0 Å². The molecule has 0 saturated heterocycles. The van der Waals surface area contributed by atoms with Gasteiger partial charge in [-0.25, -0.2) is 0 Å². The molecule has 0 rings (SSSR count). The van der Waals surface area contributed by atoms with Gasteiger partial charge in [-0.15, -0.1) is 0 Å². The fourth-order valence-corrected chi connectivity index (χ4v) is 1.39. The molecular weight excluding hydrogens is 164 g/mol. The lowest BCUT2D eigenvalue weighted by atomic mass is 9.89. The van der Waals surface area contributed by atoms with E-state index in [2.05, 4.69) is 27.7 Å². The normalized spacial score (nSPS) is 15.5. The molecule has 0 radical (unpaired) electrons. The second kappa shape index (κ2) is 6.01. The van der Waals surface area contributed by atoms with Crippen molar-refractivity contribution in [2.24, 2.45) is 17.8 Å². The number of carbonyl (C=O) groups excluding carboxylic acids is 1. The lowest BCUT2D eigenvalue weighted by molar-refractivity contribution is -0.142.